The number of amides is 1. The zero-order valence-electron chi connectivity index (χ0n) is 17.3. The van der Waals surface area contributed by atoms with Crippen molar-refractivity contribution in [1.29, 1.82) is 0 Å². The molecule has 0 radical (unpaired) electrons. The number of hydrogen-bond acceptors (Lipinski definition) is 4. The van der Waals surface area contributed by atoms with Crippen LogP contribution in [0, 0.1) is 6.92 Å². The molecule has 158 valence electrons. The first kappa shape index (κ1) is 20.2. The summed E-state index contributed by atoms with van der Waals surface area (Å²) < 4.78 is 2.18. The Morgan fingerprint density at radius 1 is 1.03 bits per heavy atom. The lowest BCUT2D eigenvalue weighted by atomic mass is 10.1. The lowest BCUT2D eigenvalue weighted by Gasteiger charge is -2.34. The molecule has 0 atom stereocenters. The lowest BCUT2D eigenvalue weighted by Crippen LogP contribution is -2.48. The monoisotopic (exact) mass is 450 g/mol. The van der Waals surface area contributed by atoms with Gasteiger partial charge in [0, 0.05) is 60.5 Å². The van der Waals surface area contributed by atoms with Crippen molar-refractivity contribution in [2.45, 2.75) is 13.5 Å². The van der Waals surface area contributed by atoms with Gasteiger partial charge in [-0.3, -0.25) is 14.1 Å². The highest BCUT2D eigenvalue weighted by molar-refractivity contribution is 7.15. The summed E-state index contributed by atoms with van der Waals surface area (Å²) in [5, 5.41) is 2.79. The van der Waals surface area contributed by atoms with Crippen LogP contribution in [0.25, 0.3) is 16.2 Å². The highest BCUT2D eigenvalue weighted by Crippen LogP contribution is 2.29. The lowest BCUT2D eigenvalue weighted by molar-refractivity contribution is 0.0627. The first-order valence-electron chi connectivity index (χ1n) is 10.4. The minimum Gasteiger partial charge on any atom is -0.336 e. The van der Waals surface area contributed by atoms with E-state index in [4.69, 9.17) is 16.6 Å². The number of carbonyl (C=O) groups is 1. The number of thiazole rings is 1. The summed E-state index contributed by atoms with van der Waals surface area (Å²) in [4.78, 5) is 23.1. The summed E-state index contributed by atoms with van der Waals surface area (Å²) in [6.07, 6.45) is 2.08. The predicted octanol–water partition coefficient (Wildman–Crippen LogP) is 4.98. The van der Waals surface area contributed by atoms with Gasteiger partial charge in [0.15, 0.2) is 4.96 Å². The van der Waals surface area contributed by atoms with E-state index in [-0.39, 0.29) is 5.91 Å². The van der Waals surface area contributed by atoms with Crippen molar-refractivity contribution in [2.75, 3.05) is 26.2 Å². The third-order valence-corrected chi connectivity index (χ3v) is 6.82. The molecule has 5 nitrogen and oxygen atoms in total. The van der Waals surface area contributed by atoms with E-state index in [1.165, 1.54) is 11.3 Å². The van der Waals surface area contributed by atoms with Crippen LogP contribution in [0.4, 0.5) is 0 Å². The largest absolute Gasteiger partial charge is 0.336 e. The Bertz CT molecular complexity index is 1200. The molecule has 3 heterocycles. The standard InChI is InChI=1S/C24H23ClN4OS/c1-17-2-4-19(5-3-17)23(30)28-12-10-27(11-13-28)16-21-22(18-6-8-20(25)9-7-18)26-24-29(21)14-15-31-24/h2-9,14-15H,10-13,16H2,1H3. The quantitative estimate of drug-likeness (QED) is 0.440. The van der Waals surface area contributed by atoms with E-state index in [1.54, 1.807) is 11.3 Å². The Labute approximate surface area is 190 Å². The fraction of sp³-hybridized carbons (Fsp3) is 0.250. The predicted molar refractivity (Wildman–Crippen MR) is 126 cm³/mol. The number of fused-ring (bicyclic) bond motifs is 1. The number of benzene rings is 2. The van der Waals surface area contributed by atoms with Crippen LogP contribution >= 0.6 is 22.9 Å². The summed E-state index contributed by atoms with van der Waals surface area (Å²) >= 11 is 7.72. The van der Waals surface area contributed by atoms with Crippen LogP contribution in [0.15, 0.2) is 60.1 Å². The molecule has 1 aliphatic rings. The Kier molecular flexibility index (Phi) is 5.52. The molecular formula is C24H23ClN4OS. The minimum atomic E-state index is 0.117. The fourth-order valence-corrected chi connectivity index (χ4v) is 4.88. The summed E-state index contributed by atoms with van der Waals surface area (Å²) in [5.41, 5.74) is 5.18. The molecule has 0 spiro atoms. The molecule has 1 saturated heterocycles. The first-order chi connectivity index (χ1) is 15.1. The van der Waals surface area contributed by atoms with Crippen LogP contribution in [-0.2, 0) is 6.54 Å². The zero-order valence-corrected chi connectivity index (χ0v) is 18.9. The van der Waals surface area contributed by atoms with Gasteiger partial charge in [-0.1, -0.05) is 41.4 Å². The summed E-state index contributed by atoms with van der Waals surface area (Å²) in [5.74, 6) is 0.117. The van der Waals surface area contributed by atoms with E-state index in [9.17, 15) is 4.79 Å². The van der Waals surface area contributed by atoms with Crippen molar-refractivity contribution in [1.82, 2.24) is 19.2 Å². The molecule has 0 N–H and O–H groups in total. The smallest absolute Gasteiger partial charge is 0.253 e. The Hall–Kier alpha value is -2.67. The molecule has 1 fully saturated rings. The molecule has 1 aliphatic heterocycles. The van der Waals surface area contributed by atoms with Gasteiger partial charge in [0.2, 0.25) is 0 Å². The van der Waals surface area contributed by atoms with Crippen LogP contribution in [0.5, 0.6) is 0 Å². The Balaban J connectivity index is 1.32. The third-order valence-electron chi connectivity index (χ3n) is 5.81. The van der Waals surface area contributed by atoms with E-state index in [0.717, 1.165) is 59.5 Å². The van der Waals surface area contributed by atoms with Crippen LogP contribution < -0.4 is 0 Å². The van der Waals surface area contributed by atoms with Crippen LogP contribution in [-0.4, -0.2) is 51.3 Å². The van der Waals surface area contributed by atoms with Gasteiger partial charge >= 0.3 is 0 Å². The van der Waals surface area contributed by atoms with Crippen molar-refractivity contribution in [3.05, 3.63) is 82.0 Å². The number of aromatic nitrogens is 2. The van der Waals surface area contributed by atoms with Gasteiger partial charge in [-0.2, -0.15) is 0 Å². The molecule has 5 rings (SSSR count). The number of hydrogen-bond donors (Lipinski definition) is 0. The van der Waals surface area contributed by atoms with Gasteiger partial charge in [-0.15, -0.1) is 11.3 Å². The topological polar surface area (TPSA) is 40.9 Å². The van der Waals surface area contributed by atoms with Crippen molar-refractivity contribution in [3.8, 4) is 11.3 Å². The average molecular weight is 451 g/mol. The molecule has 31 heavy (non-hydrogen) atoms. The molecule has 1 amide bonds. The minimum absolute atomic E-state index is 0.117. The third kappa shape index (κ3) is 4.11. The highest BCUT2D eigenvalue weighted by Gasteiger charge is 2.24. The normalized spacial score (nSPS) is 15.0. The van der Waals surface area contributed by atoms with Crippen LogP contribution in [0.2, 0.25) is 5.02 Å². The maximum Gasteiger partial charge on any atom is 0.253 e. The molecule has 0 unspecified atom stereocenters. The molecule has 2 aromatic heterocycles. The molecule has 0 saturated carbocycles. The van der Waals surface area contributed by atoms with E-state index < -0.39 is 0 Å². The van der Waals surface area contributed by atoms with Crippen LogP contribution in [0.3, 0.4) is 0 Å². The second-order valence-electron chi connectivity index (χ2n) is 7.90. The van der Waals surface area contributed by atoms with Gasteiger partial charge in [0.25, 0.3) is 5.91 Å². The van der Waals surface area contributed by atoms with Crippen molar-refractivity contribution >= 4 is 33.8 Å². The SMILES string of the molecule is Cc1ccc(C(=O)N2CCN(Cc3c(-c4ccc(Cl)cc4)nc4sccn34)CC2)cc1. The maximum atomic E-state index is 12.8. The van der Waals surface area contributed by atoms with Crippen molar-refractivity contribution in [3.63, 3.8) is 0 Å². The number of imidazole rings is 1. The number of aryl methyl sites for hydroxylation is 1. The van der Waals surface area contributed by atoms with Gasteiger partial charge in [-0.25, -0.2) is 4.98 Å². The van der Waals surface area contributed by atoms with E-state index in [2.05, 4.69) is 20.9 Å². The summed E-state index contributed by atoms with van der Waals surface area (Å²) in [7, 11) is 0. The van der Waals surface area contributed by atoms with Gasteiger partial charge in [-0.05, 0) is 31.2 Å². The second kappa shape index (κ2) is 8.46. The molecular weight excluding hydrogens is 428 g/mol. The van der Waals surface area contributed by atoms with E-state index >= 15 is 0 Å². The Morgan fingerprint density at radius 2 is 1.74 bits per heavy atom. The van der Waals surface area contributed by atoms with Gasteiger partial charge < -0.3 is 4.90 Å². The molecule has 4 aromatic rings. The zero-order chi connectivity index (χ0) is 21.4. The molecule has 0 aliphatic carbocycles. The number of nitrogens with zero attached hydrogens (tertiary/aromatic N) is 4. The van der Waals surface area contributed by atoms with Gasteiger partial charge in [0.05, 0.1) is 11.4 Å². The van der Waals surface area contributed by atoms with Gasteiger partial charge in [0.1, 0.15) is 0 Å². The number of piperazine rings is 1. The van der Waals surface area contributed by atoms with Crippen molar-refractivity contribution < 1.29 is 4.79 Å². The van der Waals surface area contributed by atoms with Crippen molar-refractivity contribution in [2.24, 2.45) is 0 Å². The number of carbonyl (C=O) groups excluding carboxylic acids is 1. The Morgan fingerprint density at radius 3 is 2.45 bits per heavy atom. The first-order valence-corrected chi connectivity index (χ1v) is 11.6. The maximum absolute atomic E-state index is 12.8. The average Bonchev–Trinajstić information content (AvgIpc) is 3.38. The number of rotatable bonds is 4. The molecule has 7 heteroatoms. The van der Waals surface area contributed by atoms with E-state index in [0.29, 0.717) is 0 Å². The fourth-order valence-electron chi connectivity index (χ4n) is 4.02. The summed E-state index contributed by atoms with van der Waals surface area (Å²) in [6, 6.07) is 15.7. The van der Waals surface area contributed by atoms with Crippen LogP contribution in [0.1, 0.15) is 21.6 Å². The number of halogens is 1. The highest BCUT2D eigenvalue weighted by atomic mass is 35.5. The second-order valence-corrected chi connectivity index (χ2v) is 9.21. The van der Waals surface area contributed by atoms with E-state index in [1.807, 2.05) is 60.4 Å². The summed E-state index contributed by atoms with van der Waals surface area (Å²) in [6.45, 7) is 5.97. The molecule has 2 aromatic carbocycles. The molecule has 0 bridgehead atoms.